The van der Waals surface area contributed by atoms with Crippen LogP contribution < -0.4 is 9.64 Å². The molecule has 150 valence electrons. The van der Waals surface area contributed by atoms with E-state index in [1.54, 1.807) is 31.4 Å². The number of hydrogen-bond donors (Lipinski definition) is 0. The third kappa shape index (κ3) is 3.49. The summed E-state index contributed by atoms with van der Waals surface area (Å²) in [7, 11) is 1.55. The first-order chi connectivity index (χ1) is 14.0. The first-order valence-electron chi connectivity index (χ1n) is 9.49. The number of nitrogens with zero attached hydrogens (tertiary/aromatic N) is 2. The number of likely N-dealkylation sites (tertiary alicyclic amines) is 1. The summed E-state index contributed by atoms with van der Waals surface area (Å²) in [5, 5.41) is 0.652. The molecule has 2 aromatic carbocycles. The molecule has 0 bridgehead atoms. The lowest BCUT2D eigenvalue weighted by Gasteiger charge is -2.29. The van der Waals surface area contributed by atoms with Crippen molar-refractivity contribution in [1.82, 2.24) is 4.90 Å². The number of ether oxygens (including phenoxy) is 1. The van der Waals surface area contributed by atoms with Gasteiger partial charge in [0.2, 0.25) is 0 Å². The smallest absolute Gasteiger partial charge is 0.282 e. The first kappa shape index (κ1) is 19.8. The van der Waals surface area contributed by atoms with Gasteiger partial charge in [0.05, 0.1) is 28.4 Å². The number of carbonyl (C=O) groups excluding carboxylic acids is 2. The number of methoxy groups -OCH3 is 1. The second kappa shape index (κ2) is 8.09. The van der Waals surface area contributed by atoms with Crippen LogP contribution in [0.25, 0.3) is 5.57 Å². The third-order valence-corrected chi connectivity index (χ3v) is 6.01. The summed E-state index contributed by atoms with van der Waals surface area (Å²) in [6.45, 7) is 1.48. The molecule has 29 heavy (non-hydrogen) atoms. The monoisotopic (exact) mass is 430 g/mol. The maximum absolute atomic E-state index is 13.5. The number of carbonyl (C=O) groups is 2. The fourth-order valence-corrected chi connectivity index (χ4v) is 4.17. The Bertz CT molecular complexity index is 1010. The predicted molar refractivity (Wildman–Crippen MR) is 114 cm³/mol. The molecule has 1 saturated heterocycles. The molecular weight excluding hydrogens is 411 g/mol. The number of benzene rings is 2. The lowest BCUT2D eigenvalue weighted by molar-refractivity contribution is -0.120. The molecule has 1 fully saturated rings. The van der Waals surface area contributed by atoms with Gasteiger partial charge in [0, 0.05) is 18.7 Å². The first-order valence-corrected chi connectivity index (χ1v) is 10.2. The number of hydrogen-bond acceptors (Lipinski definition) is 4. The highest BCUT2D eigenvalue weighted by Gasteiger charge is 2.43. The molecular formula is C22H20Cl2N2O3. The number of piperidine rings is 1. The van der Waals surface area contributed by atoms with Crippen LogP contribution >= 0.6 is 23.2 Å². The number of anilines is 1. The minimum Gasteiger partial charge on any atom is -0.496 e. The van der Waals surface area contributed by atoms with E-state index in [0.717, 1.165) is 32.4 Å². The van der Waals surface area contributed by atoms with Crippen LogP contribution in [0.4, 0.5) is 5.69 Å². The Balaban J connectivity index is 1.87. The van der Waals surface area contributed by atoms with Crippen LogP contribution in [-0.4, -0.2) is 36.9 Å². The van der Waals surface area contributed by atoms with Crippen molar-refractivity contribution in [2.24, 2.45) is 0 Å². The molecule has 0 aliphatic carbocycles. The van der Waals surface area contributed by atoms with Crippen molar-refractivity contribution in [2.75, 3.05) is 25.1 Å². The predicted octanol–water partition coefficient (Wildman–Crippen LogP) is 4.77. The largest absolute Gasteiger partial charge is 0.496 e. The molecule has 7 heteroatoms. The summed E-state index contributed by atoms with van der Waals surface area (Å²) in [6, 6.07) is 12.0. The molecule has 0 spiro atoms. The standard InChI is InChI=1S/C22H20Cl2N2O3/c1-29-18-8-4-3-7-15(18)19-20(25-11-5-2-6-12-25)22(28)26(21(19)27)14-9-10-16(23)17(24)13-14/h3-4,7-10,13H,2,5-6,11-12H2,1H3. The second-order valence-electron chi connectivity index (χ2n) is 7.02. The van der Waals surface area contributed by atoms with Gasteiger partial charge < -0.3 is 9.64 Å². The zero-order valence-electron chi connectivity index (χ0n) is 16.0. The summed E-state index contributed by atoms with van der Waals surface area (Å²) in [5.41, 5.74) is 1.79. The number of imide groups is 1. The van der Waals surface area contributed by atoms with E-state index in [-0.39, 0.29) is 10.9 Å². The van der Waals surface area contributed by atoms with Crippen molar-refractivity contribution in [3.05, 3.63) is 63.8 Å². The number of amides is 2. The van der Waals surface area contributed by atoms with Crippen LogP contribution in [0.2, 0.25) is 10.0 Å². The molecule has 0 saturated carbocycles. The van der Waals surface area contributed by atoms with E-state index in [1.165, 1.54) is 4.90 Å². The van der Waals surface area contributed by atoms with Crippen LogP contribution in [0.1, 0.15) is 24.8 Å². The van der Waals surface area contributed by atoms with Crippen molar-refractivity contribution < 1.29 is 14.3 Å². The molecule has 2 aliphatic rings. The molecule has 2 aromatic rings. The Morgan fingerprint density at radius 3 is 2.31 bits per heavy atom. The molecule has 0 aromatic heterocycles. The average Bonchev–Trinajstić information content (AvgIpc) is 3.00. The summed E-state index contributed by atoms with van der Waals surface area (Å²) in [4.78, 5) is 30.2. The Morgan fingerprint density at radius 2 is 1.62 bits per heavy atom. The zero-order valence-corrected chi connectivity index (χ0v) is 17.5. The number of rotatable bonds is 4. The normalized spacial score (nSPS) is 17.3. The summed E-state index contributed by atoms with van der Waals surface area (Å²) < 4.78 is 5.48. The number of halogens is 2. The van der Waals surface area contributed by atoms with Gasteiger partial charge in [0.15, 0.2) is 0 Å². The van der Waals surface area contributed by atoms with Gasteiger partial charge in [-0.15, -0.1) is 0 Å². The van der Waals surface area contributed by atoms with Crippen molar-refractivity contribution in [3.63, 3.8) is 0 Å². The van der Waals surface area contributed by atoms with Crippen LogP contribution in [0.3, 0.4) is 0 Å². The van der Waals surface area contributed by atoms with E-state index < -0.39 is 5.91 Å². The van der Waals surface area contributed by atoms with Gasteiger partial charge in [0.1, 0.15) is 11.4 Å². The quantitative estimate of drug-likeness (QED) is 0.655. The Labute approximate surface area is 179 Å². The molecule has 0 unspecified atom stereocenters. The lowest BCUT2D eigenvalue weighted by atomic mass is 10.0. The minimum absolute atomic E-state index is 0.287. The SMILES string of the molecule is COc1ccccc1C1=C(N2CCCCC2)C(=O)N(c2ccc(Cl)c(Cl)c2)C1=O. The maximum atomic E-state index is 13.5. The summed E-state index contributed by atoms with van der Waals surface area (Å²) in [5.74, 6) is -0.191. The van der Waals surface area contributed by atoms with Gasteiger partial charge in [-0.05, 0) is 43.5 Å². The molecule has 0 N–H and O–H groups in total. The van der Waals surface area contributed by atoms with Gasteiger partial charge in [-0.1, -0.05) is 41.4 Å². The second-order valence-corrected chi connectivity index (χ2v) is 7.83. The van der Waals surface area contributed by atoms with Crippen molar-refractivity contribution in [2.45, 2.75) is 19.3 Å². The Morgan fingerprint density at radius 1 is 0.897 bits per heavy atom. The van der Waals surface area contributed by atoms with Gasteiger partial charge in [0.25, 0.3) is 11.8 Å². The molecule has 4 rings (SSSR count). The van der Waals surface area contributed by atoms with Crippen LogP contribution in [0.15, 0.2) is 48.2 Å². The van der Waals surface area contributed by atoms with Crippen LogP contribution in [0, 0.1) is 0 Å². The van der Waals surface area contributed by atoms with E-state index >= 15 is 0 Å². The fourth-order valence-electron chi connectivity index (χ4n) is 3.88. The minimum atomic E-state index is -0.390. The Hall–Kier alpha value is -2.50. The van der Waals surface area contributed by atoms with Crippen molar-refractivity contribution >= 4 is 46.3 Å². The van der Waals surface area contributed by atoms with E-state index in [2.05, 4.69) is 0 Å². The van der Waals surface area contributed by atoms with Gasteiger partial charge >= 0.3 is 0 Å². The average molecular weight is 431 g/mol. The molecule has 0 radical (unpaired) electrons. The van der Waals surface area contributed by atoms with Gasteiger partial charge in [-0.2, -0.15) is 0 Å². The summed E-state index contributed by atoms with van der Waals surface area (Å²) in [6.07, 6.45) is 3.08. The highest BCUT2D eigenvalue weighted by atomic mass is 35.5. The molecule has 2 aliphatic heterocycles. The molecule has 5 nitrogen and oxygen atoms in total. The van der Waals surface area contributed by atoms with Crippen LogP contribution in [-0.2, 0) is 9.59 Å². The zero-order chi connectivity index (χ0) is 20.5. The topological polar surface area (TPSA) is 49.9 Å². The molecule has 2 heterocycles. The van der Waals surface area contributed by atoms with Gasteiger partial charge in [-0.3, -0.25) is 9.59 Å². The van der Waals surface area contributed by atoms with Crippen molar-refractivity contribution in [1.29, 1.82) is 0 Å². The van der Waals surface area contributed by atoms with E-state index in [0.29, 0.717) is 33.3 Å². The fraction of sp³-hybridized carbons (Fsp3) is 0.273. The summed E-state index contributed by atoms with van der Waals surface area (Å²) >= 11 is 12.2. The maximum Gasteiger partial charge on any atom is 0.282 e. The van der Waals surface area contributed by atoms with E-state index in [1.807, 2.05) is 23.1 Å². The lowest BCUT2D eigenvalue weighted by Crippen LogP contribution is -2.37. The van der Waals surface area contributed by atoms with Crippen LogP contribution in [0.5, 0.6) is 5.75 Å². The molecule has 0 atom stereocenters. The molecule has 2 amide bonds. The van der Waals surface area contributed by atoms with Gasteiger partial charge in [-0.25, -0.2) is 4.90 Å². The van der Waals surface area contributed by atoms with E-state index in [4.69, 9.17) is 27.9 Å². The van der Waals surface area contributed by atoms with Crippen molar-refractivity contribution in [3.8, 4) is 5.75 Å². The highest BCUT2D eigenvalue weighted by molar-refractivity contribution is 6.46. The van der Waals surface area contributed by atoms with E-state index in [9.17, 15) is 9.59 Å². The third-order valence-electron chi connectivity index (χ3n) is 5.27. The number of para-hydroxylation sites is 1. The highest BCUT2D eigenvalue weighted by Crippen LogP contribution is 2.40. The Kier molecular flexibility index (Phi) is 5.52.